The Labute approximate surface area is 242 Å². The third-order valence-corrected chi connectivity index (χ3v) is 7.64. The highest BCUT2D eigenvalue weighted by Gasteiger charge is 2.29. The van der Waals surface area contributed by atoms with Crippen molar-refractivity contribution in [2.75, 3.05) is 23.9 Å². The van der Waals surface area contributed by atoms with Gasteiger partial charge in [-0.15, -0.1) is 0 Å². The first-order valence-corrected chi connectivity index (χ1v) is 13.8. The Kier molecular flexibility index (Phi) is 7.50. The molecule has 2 atom stereocenters. The van der Waals surface area contributed by atoms with E-state index in [-0.39, 0.29) is 23.3 Å². The first-order chi connectivity index (χ1) is 19.5. The first kappa shape index (κ1) is 26.4. The van der Waals surface area contributed by atoms with E-state index in [1.165, 1.54) is 18.5 Å². The van der Waals surface area contributed by atoms with Crippen molar-refractivity contribution < 1.29 is 13.9 Å². The molecule has 4 heterocycles. The summed E-state index contributed by atoms with van der Waals surface area (Å²) in [5.41, 5.74) is 4.41. The summed E-state index contributed by atoms with van der Waals surface area (Å²) in [5.74, 6) is 0.390. The van der Waals surface area contributed by atoms with Gasteiger partial charge in [0.15, 0.2) is 17.0 Å². The molecule has 10 nitrogen and oxygen atoms in total. The number of hydrogen-bond acceptors (Lipinski definition) is 9. The molecule has 1 saturated heterocycles. The van der Waals surface area contributed by atoms with Crippen molar-refractivity contribution >= 4 is 67.0 Å². The molecule has 0 bridgehead atoms. The Hall–Kier alpha value is -3.81. The standard InChI is InChI=1S/C27H24BrFN8O2S/c1-36(12-16-3-2-4-17(29)11-16)25-24-26(33-14-32-25)37(15-34-24)21-8-5-18(39-21)13-38-27(40)35-19-6-7-20-23(22(19)28)31-10-9-30-20/h2-4,6-7,9-11,14-15,18,21H,5,8,12-13H2,1H3,(H,35,40)/t18-,21+/m0/s1. The normalized spacial score (nSPS) is 16.9. The van der Waals surface area contributed by atoms with E-state index < -0.39 is 0 Å². The maximum Gasteiger partial charge on any atom is 0.261 e. The number of imidazole rings is 1. The number of benzene rings is 2. The van der Waals surface area contributed by atoms with Crippen molar-refractivity contribution in [2.24, 2.45) is 0 Å². The van der Waals surface area contributed by atoms with Crippen LogP contribution in [0.5, 0.6) is 0 Å². The number of rotatable bonds is 7. The molecule has 2 aromatic carbocycles. The lowest BCUT2D eigenvalue weighted by Crippen LogP contribution is -2.22. The van der Waals surface area contributed by atoms with Gasteiger partial charge in [0, 0.05) is 26.0 Å². The van der Waals surface area contributed by atoms with Crippen LogP contribution in [-0.4, -0.2) is 54.4 Å². The molecule has 1 N–H and O–H groups in total. The fraction of sp³-hybridized carbons (Fsp3) is 0.259. The zero-order chi connectivity index (χ0) is 27.6. The summed E-state index contributed by atoms with van der Waals surface area (Å²) in [4.78, 5) is 24.1. The number of hydrogen-bond donors (Lipinski definition) is 1. The largest absolute Gasteiger partial charge is 0.468 e. The summed E-state index contributed by atoms with van der Waals surface area (Å²) in [5, 5.41) is 3.35. The van der Waals surface area contributed by atoms with Crippen LogP contribution < -0.4 is 10.2 Å². The van der Waals surface area contributed by atoms with Gasteiger partial charge in [-0.1, -0.05) is 12.1 Å². The van der Waals surface area contributed by atoms with Crippen LogP contribution in [0.4, 0.5) is 15.9 Å². The van der Waals surface area contributed by atoms with Crippen molar-refractivity contribution in [3.05, 3.63) is 77.3 Å². The van der Waals surface area contributed by atoms with Crippen LogP contribution in [0, 0.1) is 5.82 Å². The molecule has 5 aromatic rings. The van der Waals surface area contributed by atoms with Gasteiger partial charge >= 0.3 is 0 Å². The number of aromatic nitrogens is 6. The molecule has 1 aliphatic rings. The monoisotopic (exact) mass is 622 g/mol. The van der Waals surface area contributed by atoms with Crippen LogP contribution in [0.25, 0.3) is 22.2 Å². The van der Waals surface area contributed by atoms with Gasteiger partial charge in [0.05, 0.1) is 28.1 Å². The Morgan fingerprint density at radius 3 is 2.90 bits per heavy atom. The minimum absolute atomic E-state index is 0.148. The third kappa shape index (κ3) is 5.44. The second kappa shape index (κ2) is 11.4. The van der Waals surface area contributed by atoms with E-state index in [4.69, 9.17) is 21.7 Å². The van der Waals surface area contributed by atoms with E-state index in [0.29, 0.717) is 30.1 Å². The molecule has 0 radical (unpaired) electrons. The predicted molar refractivity (Wildman–Crippen MR) is 156 cm³/mol. The zero-order valence-corrected chi connectivity index (χ0v) is 23.8. The molecule has 1 fully saturated rings. The van der Waals surface area contributed by atoms with E-state index in [1.807, 2.05) is 34.7 Å². The SMILES string of the molecule is CN(Cc1cccc(F)c1)c1ncnc2c1ncn2[C@H]1CC[C@@H](COC(=S)Nc2ccc3nccnc3c2Br)O1. The minimum atomic E-state index is -0.270. The van der Waals surface area contributed by atoms with Gasteiger partial charge in [0.25, 0.3) is 5.17 Å². The van der Waals surface area contributed by atoms with Gasteiger partial charge in [-0.25, -0.2) is 19.3 Å². The summed E-state index contributed by atoms with van der Waals surface area (Å²) < 4.78 is 28.4. The summed E-state index contributed by atoms with van der Waals surface area (Å²) in [6.07, 6.45) is 7.69. The number of nitrogens with zero attached hydrogens (tertiary/aromatic N) is 7. The van der Waals surface area contributed by atoms with Crippen LogP contribution in [0.3, 0.4) is 0 Å². The molecule has 13 heteroatoms. The molecule has 40 heavy (non-hydrogen) atoms. The maximum absolute atomic E-state index is 13.6. The lowest BCUT2D eigenvalue weighted by Gasteiger charge is -2.19. The van der Waals surface area contributed by atoms with Gasteiger partial charge in [-0.05, 0) is 70.8 Å². The molecule has 0 spiro atoms. The summed E-state index contributed by atoms with van der Waals surface area (Å²) in [7, 11) is 1.89. The second-order valence-corrected chi connectivity index (χ2v) is 10.5. The van der Waals surface area contributed by atoms with Crippen molar-refractivity contribution in [3.8, 4) is 0 Å². The molecular formula is C27H24BrFN8O2S. The van der Waals surface area contributed by atoms with Crippen LogP contribution in [0.1, 0.15) is 24.6 Å². The number of nitrogens with one attached hydrogen (secondary N) is 1. The Balaban J connectivity index is 1.08. The van der Waals surface area contributed by atoms with Gasteiger partial charge in [0.1, 0.15) is 30.5 Å². The van der Waals surface area contributed by atoms with Crippen LogP contribution in [0.15, 0.2) is 65.9 Å². The van der Waals surface area contributed by atoms with Crippen LogP contribution >= 0.6 is 28.1 Å². The minimum Gasteiger partial charge on any atom is -0.468 e. The highest BCUT2D eigenvalue weighted by molar-refractivity contribution is 9.10. The zero-order valence-electron chi connectivity index (χ0n) is 21.4. The maximum atomic E-state index is 13.6. The number of thiocarbonyl (C=S) groups is 1. The molecule has 3 aromatic heterocycles. The van der Waals surface area contributed by atoms with Gasteiger partial charge < -0.3 is 19.7 Å². The molecule has 0 aliphatic carbocycles. The van der Waals surface area contributed by atoms with Crippen molar-refractivity contribution in [1.82, 2.24) is 29.5 Å². The highest BCUT2D eigenvalue weighted by atomic mass is 79.9. The highest BCUT2D eigenvalue weighted by Crippen LogP contribution is 2.33. The topological polar surface area (TPSA) is 103 Å². The Morgan fingerprint density at radius 2 is 2.02 bits per heavy atom. The number of halogens is 2. The molecule has 0 unspecified atom stereocenters. The number of anilines is 2. The Bertz CT molecular complexity index is 1700. The van der Waals surface area contributed by atoms with Crippen molar-refractivity contribution in [3.63, 3.8) is 0 Å². The van der Waals surface area contributed by atoms with Crippen molar-refractivity contribution in [2.45, 2.75) is 31.7 Å². The number of fused-ring (bicyclic) bond motifs is 2. The lowest BCUT2D eigenvalue weighted by molar-refractivity contribution is -0.0174. The first-order valence-electron chi connectivity index (χ1n) is 12.6. The van der Waals surface area contributed by atoms with Gasteiger partial charge in [0.2, 0.25) is 0 Å². The quantitative estimate of drug-likeness (QED) is 0.237. The van der Waals surface area contributed by atoms with Gasteiger partial charge in [-0.3, -0.25) is 14.5 Å². The molecule has 204 valence electrons. The van der Waals surface area contributed by atoms with E-state index >= 15 is 0 Å². The summed E-state index contributed by atoms with van der Waals surface area (Å²) >= 11 is 8.98. The van der Waals surface area contributed by atoms with Crippen LogP contribution in [0.2, 0.25) is 0 Å². The summed E-state index contributed by atoms with van der Waals surface area (Å²) in [6.45, 7) is 0.782. The predicted octanol–water partition coefficient (Wildman–Crippen LogP) is 5.40. The summed E-state index contributed by atoms with van der Waals surface area (Å²) in [6, 6.07) is 10.2. The van der Waals surface area contributed by atoms with E-state index in [9.17, 15) is 4.39 Å². The van der Waals surface area contributed by atoms with Gasteiger partial charge in [-0.2, -0.15) is 0 Å². The average Bonchev–Trinajstić information content (AvgIpc) is 3.60. The van der Waals surface area contributed by atoms with Crippen molar-refractivity contribution in [1.29, 1.82) is 0 Å². The van der Waals surface area contributed by atoms with E-state index in [2.05, 4.69) is 46.2 Å². The second-order valence-electron chi connectivity index (χ2n) is 9.37. The number of ether oxygens (including phenoxy) is 2. The van der Waals surface area contributed by atoms with E-state index in [0.717, 1.165) is 39.6 Å². The molecule has 0 saturated carbocycles. The molecule has 0 amide bonds. The molecule has 1 aliphatic heterocycles. The molecule has 6 rings (SSSR count). The van der Waals surface area contributed by atoms with E-state index in [1.54, 1.807) is 24.8 Å². The smallest absolute Gasteiger partial charge is 0.261 e. The fourth-order valence-electron chi connectivity index (χ4n) is 4.74. The fourth-order valence-corrected chi connectivity index (χ4v) is 5.46. The lowest BCUT2D eigenvalue weighted by atomic mass is 10.2. The van der Waals surface area contributed by atoms with Crippen LogP contribution in [-0.2, 0) is 16.0 Å². The third-order valence-electron chi connectivity index (χ3n) is 6.62. The average molecular weight is 624 g/mol. The molecular weight excluding hydrogens is 599 g/mol. The Morgan fingerprint density at radius 1 is 1.15 bits per heavy atom.